The van der Waals surface area contributed by atoms with Crippen molar-refractivity contribution >= 4 is 17.7 Å². The number of carbonyl (C=O) groups is 1. The van der Waals surface area contributed by atoms with Crippen molar-refractivity contribution in [2.75, 3.05) is 5.75 Å². The molecule has 4 aromatic rings. The molecule has 0 aliphatic carbocycles. The van der Waals surface area contributed by atoms with Crippen LogP contribution in [0.25, 0.3) is 11.6 Å². The molecule has 0 spiro atoms. The number of amides is 1. The lowest BCUT2D eigenvalue weighted by molar-refractivity contribution is -0.120. The molecule has 0 saturated heterocycles. The van der Waals surface area contributed by atoms with Crippen LogP contribution >= 0.6 is 11.8 Å². The van der Waals surface area contributed by atoms with E-state index in [0.717, 1.165) is 5.56 Å². The van der Waals surface area contributed by atoms with Gasteiger partial charge in [0.1, 0.15) is 0 Å². The molecular formula is C21H22N6O3S. The summed E-state index contributed by atoms with van der Waals surface area (Å²) in [5.41, 5.74) is 0.335. The van der Waals surface area contributed by atoms with Gasteiger partial charge in [0.25, 0.3) is 0 Å². The molecule has 3 aromatic heterocycles. The highest BCUT2D eigenvalue weighted by atomic mass is 32.2. The van der Waals surface area contributed by atoms with Crippen LogP contribution in [0.5, 0.6) is 0 Å². The Labute approximate surface area is 183 Å². The van der Waals surface area contributed by atoms with Crippen molar-refractivity contribution in [2.45, 2.75) is 38.0 Å². The van der Waals surface area contributed by atoms with Gasteiger partial charge >= 0.3 is 0 Å². The first-order valence-corrected chi connectivity index (χ1v) is 10.7. The quantitative estimate of drug-likeness (QED) is 0.417. The molecule has 1 N–H and O–H groups in total. The number of hydrogen-bond donors (Lipinski definition) is 1. The van der Waals surface area contributed by atoms with Crippen LogP contribution in [0.2, 0.25) is 0 Å². The third-order valence-corrected chi connectivity index (χ3v) is 5.48. The number of benzene rings is 1. The smallest absolute Gasteiger partial charge is 0.231 e. The van der Waals surface area contributed by atoms with Crippen molar-refractivity contribution in [2.24, 2.45) is 0 Å². The lowest BCUT2D eigenvalue weighted by Gasteiger charge is -2.22. The van der Waals surface area contributed by atoms with Gasteiger partial charge in [0.2, 0.25) is 17.6 Å². The summed E-state index contributed by atoms with van der Waals surface area (Å²) in [5.74, 6) is 2.09. The second kappa shape index (κ2) is 8.76. The van der Waals surface area contributed by atoms with Crippen LogP contribution in [0.15, 0.2) is 62.8 Å². The number of nitrogens with zero attached hydrogens (tertiary/aromatic N) is 5. The Morgan fingerprint density at radius 1 is 1.16 bits per heavy atom. The summed E-state index contributed by atoms with van der Waals surface area (Å²) in [6.45, 7) is 5.92. The lowest BCUT2D eigenvalue weighted by Crippen LogP contribution is -2.42. The monoisotopic (exact) mass is 438 g/mol. The topological polar surface area (TPSA) is 112 Å². The fraction of sp³-hybridized carbons (Fsp3) is 0.286. The highest BCUT2D eigenvalue weighted by Gasteiger charge is 2.28. The maximum absolute atomic E-state index is 12.6. The van der Waals surface area contributed by atoms with E-state index < -0.39 is 5.54 Å². The zero-order chi connectivity index (χ0) is 21.8. The highest BCUT2D eigenvalue weighted by molar-refractivity contribution is 7.99. The molecule has 1 amide bonds. The van der Waals surface area contributed by atoms with E-state index in [4.69, 9.17) is 8.94 Å². The molecule has 0 fully saturated rings. The molecule has 0 saturated carbocycles. The molecule has 160 valence electrons. The molecule has 0 bridgehead atoms. The summed E-state index contributed by atoms with van der Waals surface area (Å²) >= 11 is 1.30. The van der Waals surface area contributed by atoms with Gasteiger partial charge in [-0.15, -0.1) is 10.2 Å². The largest absolute Gasteiger partial charge is 0.461 e. The Kier molecular flexibility index (Phi) is 5.90. The third-order valence-electron chi connectivity index (χ3n) is 4.51. The van der Waals surface area contributed by atoms with E-state index in [9.17, 15) is 4.79 Å². The van der Waals surface area contributed by atoms with Gasteiger partial charge in [-0.3, -0.25) is 9.36 Å². The molecular weight excluding hydrogens is 416 g/mol. The van der Waals surface area contributed by atoms with Crippen molar-refractivity contribution in [3.8, 4) is 11.6 Å². The van der Waals surface area contributed by atoms with Crippen molar-refractivity contribution in [3.05, 3.63) is 66.0 Å². The molecule has 9 nitrogen and oxygen atoms in total. The first kappa shape index (κ1) is 20.9. The molecule has 0 radical (unpaired) electrons. The molecule has 1 aromatic carbocycles. The Morgan fingerprint density at radius 2 is 1.97 bits per heavy atom. The molecule has 10 heteroatoms. The van der Waals surface area contributed by atoms with Crippen LogP contribution in [-0.2, 0) is 16.9 Å². The first-order chi connectivity index (χ1) is 14.9. The second-order valence-electron chi connectivity index (χ2n) is 7.45. The maximum atomic E-state index is 12.6. The molecule has 0 unspecified atom stereocenters. The average molecular weight is 439 g/mol. The predicted octanol–water partition coefficient (Wildman–Crippen LogP) is 3.42. The standard InChI is InChI=1S/C21H22N6O3S/c1-14-22-19(26-30-14)21(2,3)23-17(28)13-31-20-25-24-18(16-10-7-11-29-16)27(20)12-15-8-5-4-6-9-15/h4-11H,12-13H2,1-3H3,(H,23,28). The van der Waals surface area contributed by atoms with Gasteiger partial charge in [0.15, 0.2) is 16.7 Å². The predicted molar refractivity (Wildman–Crippen MR) is 114 cm³/mol. The van der Waals surface area contributed by atoms with Crippen molar-refractivity contribution in [1.29, 1.82) is 0 Å². The van der Waals surface area contributed by atoms with Gasteiger partial charge in [0, 0.05) is 6.92 Å². The fourth-order valence-electron chi connectivity index (χ4n) is 3.02. The van der Waals surface area contributed by atoms with Gasteiger partial charge in [-0.1, -0.05) is 47.3 Å². The first-order valence-electron chi connectivity index (χ1n) is 9.68. The van der Waals surface area contributed by atoms with E-state index in [2.05, 4.69) is 25.7 Å². The SMILES string of the molecule is Cc1nc(C(C)(C)NC(=O)CSc2nnc(-c3ccco3)n2Cc2ccccc2)no1. The van der Waals surface area contributed by atoms with E-state index in [0.29, 0.717) is 35.0 Å². The fourth-order valence-corrected chi connectivity index (χ4v) is 3.75. The van der Waals surface area contributed by atoms with E-state index >= 15 is 0 Å². The minimum atomic E-state index is -0.757. The van der Waals surface area contributed by atoms with E-state index in [1.54, 1.807) is 19.3 Å². The van der Waals surface area contributed by atoms with Crippen molar-refractivity contribution < 1.29 is 13.7 Å². The summed E-state index contributed by atoms with van der Waals surface area (Å²) in [7, 11) is 0. The number of furan rings is 1. The molecule has 3 heterocycles. The minimum absolute atomic E-state index is 0.158. The summed E-state index contributed by atoms with van der Waals surface area (Å²) in [4.78, 5) is 16.8. The number of aryl methyl sites for hydroxylation is 1. The van der Waals surface area contributed by atoms with E-state index in [-0.39, 0.29) is 11.7 Å². The van der Waals surface area contributed by atoms with Gasteiger partial charge in [-0.25, -0.2) is 0 Å². The summed E-state index contributed by atoms with van der Waals surface area (Å²) in [5, 5.41) is 16.1. The molecule has 31 heavy (non-hydrogen) atoms. The van der Waals surface area contributed by atoms with Crippen LogP contribution in [0.3, 0.4) is 0 Å². The van der Waals surface area contributed by atoms with Crippen LogP contribution in [-0.4, -0.2) is 36.6 Å². The van der Waals surface area contributed by atoms with Crippen LogP contribution in [0.4, 0.5) is 0 Å². The van der Waals surface area contributed by atoms with Crippen molar-refractivity contribution in [3.63, 3.8) is 0 Å². The Bertz CT molecular complexity index is 1150. The summed E-state index contributed by atoms with van der Waals surface area (Å²) in [6, 6.07) is 13.6. The zero-order valence-corrected chi connectivity index (χ0v) is 18.2. The second-order valence-corrected chi connectivity index (χ2v) is 8.40. The van der Waals surface area contributed by atoms with Gasteiger partial charge in [-0.2, -0.15) is 4.98 Å². The number of carbonyl (C=O) groups excluding carboxylic acids is 1. The Balaban J connectivity index is 1.49. The number of nitrogens with one attached hydrogen (secondary N) is 1. The molecule has 0 aliphatic rings. The van der Waals surface area contributed by atoms with E-state index in [1.807, 2.05) is 54.8 Å². The lowest BCUT2D eigenvalue weighted by atomic mass is 10.1. The Hall–Kier alpha value is -3.40. The van der Waals surface area contributed by atoms with Gasteiger partial charge in [-0.05, 0) is 31.5 Å². The Morgan fingerprint density at radius 3 is 2.65 bits per heavy atom. The molecule has 4 rings (SSSR count). The molecule has 0 aliphatic heterocycles. The number of hydrogen-bond acceptors (Lipinski definition) is 8. The van der Waals surface area contributed by atoms with Gasteiger partial charge in [0.05, 0.1) is 24.1 Å². The third kappa shape index (κ3) is 4.85. The number of thioether (sulfide) groups is 1. The summed E-state index contributed by atoms with van der Waals surface area (Å²) < 4.78 is 12.5. The van der Waals surface area contributed by atoms with E-state index in [1.165, 1.54) is 11.8 Å². The highest BCUT2D eigenvalue weighted by Crippen LogP contribution is 2.26. The van der Waals surface area contributed by atoms with Crippen molar-refractivity contribution in [1.82, 2.24) is 30.2 Å². The van der Waals surface area contributed by atoms with Crippen LogP contribution in [0, 0.1) is 6.92 Å². The van der Waals surface area contributed by atoms with Gasteiger partial charge < -0.3 is 14.3 Å². The zero-order valence-electron chi connectivity index (χ0n) is 17.4. The number of aromatic nitrogens is 5. The van der Waals surface area contributed by atoms with Crippen LogP contribution < -0.4 is 5.32 Å². The molecule has 0 atom stereocenters. The average Bonchev–Trinajstić information content (AvgIpc) is 3.48. The summed E-state index contributed by atoms with van der Waals surface area (Å²) in [6.07, 6.45) is 1.60. The minimum Gasteiger partial charge on any atom is -0.461 e. The maximum Gasteiger partial charge on any atom is 0.231 e. The van der Waals surface area contributed by atoms with Crippen LogP contribution in [0.1, 0.15) is 31.1 Å². The number of rotatable bonds is 8. The normalized spacial score (nSPS) is 11.6.